The maximum Gasteiger partial charge on any atom is 0.272 e. The summed E-state index contributed by atoms with van der Waals surface area (Å²) in [7, 11) is -3.04. The lowest BCUT2D eigenvalue weighted by Gasteiger charge is -2.11. The molecule has 0 radical (unpaired) electrons. The molecule has 3 heterocycles. The van der Waals surface area contributed by atoms with Gasteiger partial charge in [-0.1, -0.05) is 0 Å². The fourth-order valence-corrected chi connectivity index (χ4v) is 5.56. The average Bonchev–Trinajstić information content (AvgIpc) is 3.24. The number of carbonyl (C=O) groups is 1. The van der Waals surface area contributed by atoms with Gasteiger partial charge in [0.2, 0.25) is 0 Å². The highest BCUT2D eigenvalue weighted by molar-refractivity contribution is 7.91. The SMILES string of the molecule is Cc1nn(C2CCS(=O)(=O)C2)c(C)c1NC(=O)c1[nH]c2ccc(F)cc2c1C. The number of nitrogens with zero attached hydrogens (tertiary/aromatic N) is 2. The molecule has 3 aromatic rings. The van der Waals surface area contributed by atoms with Gasteiger partial charge in [0.15, 0.2) is 9.84 Å². The quantitative estimate of drug-likeness (QED) is 0.701. The zero-order valence-electron chi connectivity index (χ0n) is 15.8. The van der Waals surface area contributed by atoms with Crippen molar-refractivity contribution in [2.75, 3.05) is 16.8 Å². The molecule has 1 saturated heterocycles. The third-order valence-corrected chi connectivity index (χ3v) is 7.12. The highest BCUT2D eigenvalue weighted by Gasteiger charge is 2.32. The molecule has 1 unspecified atom stereocenters. The highest BCUT2D eigenvalue weighted by atomic mass is 32.2. The van der Waals surface area contributed by atoms with Crippen LogP contribution in [0.4, 0.5) is 10.1 Å². The van der Waals surface area contributed by atoms with E-state index in [0.29, 0.717) is 45.7 Å². The van der Waals surface area contributed by atoms with Gasteiger partial charge in [-0.15, -0.1) is 0 Å². The van der Waals surface area contributed by atoms with Crippen LogP contribution in [0.15, 0.2) is 18.2 Å². The summed E-state index contributed by atoms with van der Waals surface area (Å²) < 4.78 is 38.8. The van der Waals surface area contributed by atoms with Gasteiger partial charge in [0.05, 0.1) is 34.6 Å². The number of nitrogens with one attached hydrogen (secondary N) is 2. The second kappa shape index (κ2) is 6.44. The van der Waals surface area contributed by atoms with Crippen molar-refractivity contribution in [1.29, 1.82) is 0 Å². The Bertz CT molecular complexity index is 1210. The van der Waals surface area contributed by atoms with Crippen molar-refractivity contribution in [3.05, 3.63) is 46.7 Å². The summed E-state index contributed by atoms with van der Waals surface area (Å²) in [6.07, 6.45) is 0.518. The van der Waals surface area contributed by atoms with E-state index in [2.05, 4.69) is 15.4 Å². The van der Waals surface area contributed by atoms with E-state index in [0.717, 1.165) is 0 Å². The minimum Gasteiger partial charge on any atom is -0.350 e. The number of aryl methyl sites for hydroxylation is 2. The Morgan fingerprint density at radius 2 is 2.07 bits per heavy atom. The Kier molecular flexibility index (Phi) is 4.29. The first-order valence-electron chi connectivity index (χ1n) is 9.01. The molecule has 2 N–H and O–H groups in total. The molecule has 1 atom stereocenters. The molecule has 28 heavy (non-hydrogen) atoms. The van der Waals surface area contributed by atoms with Crippen molar-refractivity contribution in [3.63, 3.8) is 0 Å². The third-order valence-electron chi connectivity index (χ3n) is 5.37. The molecule has 0 bridgehead atoms. The number of aromatic nitrogens is 3. The fourth-order valence-electron chi connectivity index (χ4n) is 3.87. The summed E-state index contributed by atoms with van der Waals surface area (Å²) >= 11 is 0. The molecular weight excluding hydrogens is 383 g/mol. The second-order valence-corrected chi connectivity index (χ2v) is 9.55. The largest absolute Gasteiger partial charge is 0.350 e. The van der Waals surface area contributed by atoms with E-state index in [1.54, 1.807) is 24.6 Å². The van der Waals surface area contributed by atoms with Crippen molar-refractivity contribution in [3.8, 4) is 0 Å². The topological polar surface area (TPSA) is 96.8 Å². The lowest BCUT2D eigenvalue weighted by Crippen LogP contribution is -2.16. The van der Waals surface area contributed by atoms with Gasteiger partial charge in [0.25, 0.3) is 5.91 Å². The van der Waals surface area contributed by atoms with Crippen molar-refractivity contribution >= 4 is 32.3 Å². The van der Waals surface area contributed by atoms with Crippen LogP contribution in [0.2, 0.25) is 0 Å². The van der Waals surface area contributed by atoms with Gasteiger partial charge in [-0.3, -0.25) is 9.48 Å². The number of anilines is 1. The average molecular weight is 404 g/mol. The van der Waals surface area contributed by atoms with Gasteiger partial charge in [0, 0.05) is 10.9 Å². The molecule has 9 heteroatoms. The molecule has 7 nitrogen and oxygen atoms in total. The molecule has 0 saturated carbocycles. The molecule has 0 aliphatic carbocycles. The molecule has 1 fully saturated rings. The normalized spacial score (nSPS) is 18.6. The van der Waals surface area contributed by atoms with Gasteiger partial charge in [0.1, 0.15) is 11.5 Å². The predicted molar refractivity (Wildman–Crippen MR) is 105 cm³/mol. The fraction of sp³-hybridized carbons (Fsp3) is 0.368. The van der Waals surface area contributed by atoms with E-state index < -0.39 is 9.84 Å². The Balaban J connectivity index is 1.65. The summed E-state index contributed by atoms with van der Waals surface area (Å²) in [5, 5.41) is 8.00. The first-order chi connectivity index (χ1) is 13.2. The molecule has 1 aliphatic rings. The Labute approximate surface area is 161 Å². The van der Waals surface area contributed by atoms with Gasteiger partial charge in [-0.2, -0.15) is 5.10 Å². The molecule has 2 aromatic heterocycles. The smallest absolute Gasteiger partial charge is 0.272 e. The van der Waals surface area contributed by atoms with Crippen LogP contribution in [-0.2, 0) is 9.84 Å². The van der Waals surface area contributed by atoms with Crippen LogP contribution in [0, 0.1) is 26.6 Å². The van der Waals surface area contributed by atoms with E-state index in [1.807, 2.05) is 6.92 Å². The molecule has 1 aliphatic heterocycles. The lowest BCUT2D eigenvalue weighted by atomic mass is 10.1. The van der Waals surface area contributed by atoms with Gasteiger partial charge in [-0.05, 0) is 51.0 Å². The van der Waals surface area contributed by atoms with Crippen LogP contribution in [0.3, 0.4) is 0 Å². The molecule has 1 aromatic carbocycles. The second-order valence-electron chi connectivity index (χ2n) is 7.32. The first kappa shape index (κ1) is 18.7. The van der Waals surface area contributed by atoms with Gasteiger partial charge >= 0.3 is 0 Å². The number of benzene rings is 1. The molecular formula is C19H21FN4O3S. The number of sulfone groups is 1. The minimum atomic E-state index is -3.04. The summed E-state index contributed by atoms with van der Waals surface area (Å²) in [6, 6.07) is 4.12. The van der Waals surface area contributed by atoms with Crippen molar-refractivity contribution in [2.45, 2.75) is 33.2 Å². The highest BCUT2D eigenvalue weighted by Crippen LogP contribution is 2.30. The predicted octanol–water partition coefficient (Wildman–Crippen LogP) is 3.04. The number of hydrogen-bond donors (Lipinski definition) is 2. The molecule has 148 valence electrons. The number of carbonyl (C=O) groups excluding carboxylic acids is 1. The maximum absolute atomic E-state index is 13.5. The van der Waals surface area contributed by atoms with E-state index in [9.17, 15) is 17.6 Å². The Morgan fingerprint density at radius 1 is 1.32 bits per heavy atom. The lowest BCUT2D eigenvalue weighted by molar-refractivity contribution is 0.102. The number of aromatic amines is 1. The van der Waals surface area contributed by atoms with E-state index in [1.165, 1.54) is 12.1 Å². The van der Waals surface area contributed by atoms with E-state index >= 15 is 0 Å². The van der Waals surface area contributed by atoms with Crippen molar-refractivity contribution in [1.82, 2.24) is 14.8 Å². The van der Waals surface area contributed by atoms with Crippen LogP contribution in [-0.4, -0.2) is 40.6 Å². The molecule has 0 spiro atoms. The van der Waals surface area contributed by atoms with Crippen LogP contribution in [0.1, 0.15) is 39.9 Å². The number of fused-ring (bicyclic) bond motifs is 1. The van der Waals surface area contributed by atoms with Crippen molar-refractivity contribution in [2.24, 2.45) is 0 Å². The monoisotopic (exact) mass is 404 g/mol. The van der Waals surface area contributed by atoms with E-state index in [4.69, 9.17) is 0 Å². The number of H-pyrrole nitrogens is 1. The number of amides is 1. The standard InChI is InChI=1S/C19H21FN4O3S/c1-10-15-8-13(20)4-5-16(15)21-17(10)19(25)22-18-11(2)23-24(12(18)3)14-6-7-28(26,27)9-14/h4-5,8,14,21H,6-7,9H2,1-3H3,(H,22,25). The van der Waals surface area contributed by atoms with E-state index in [-0.39, 0.29) is 29.3 Å². The van der Waals surface area contributed by atoms with Crippen LogP contribution < -0.4 is 5.32 Å². The Hall–Kier alpha value is -2.68. The first-order valence-corrected chi connectivity index (χ1v) is 10.8. The summed E-state index contributed by atoms with van der Waals surface area (Å²) in [5.41, 5.74) is 3.61. The third kappa shape index (κ3) is 3.09. The summed E-state index contributed by atoms with van der Waals surface area (Å²) in [5.74, 6) is -0.489. The molecule has 4 rings (SSSR count). The zero-order chi connectivity index (χ0) is 20.2. The van der Waals surface area contributed by atoms with Crippen LogP contribution >= 0.6 is 0 Å². The van der Waals surface area contributed by atoms with Gasteiger partial charge in [-0.25, -0.2) is 12.8 Å². The zero-order valence-corrected chi connectivity index (χ0v) is 16.7. The summed E-state index contributed by atoms with van der Waals surface area (Å²) in [4.78, 5) is 15.9. The number of hydrogen-bond acceptors (Lipinski definition) is 4. The number of halogens is 1. The summed E-state index contributed by atoms with van der Waals surface area (Å²) in [6.45, 7) is 5.35. The Morgan fingerprint density at radius 3 is 2.75 bits per heavy atom. The van der Waals surface area contributed by atoms with Crippen molar-refractivity contribution < 1.29 is 17.6 Å². The van der Waals surface area contributed by atoms with Gasteiger partial charge < -0.3 is 10.3 Å². The molecule has 1 amide bonds. The minimum absolute atomic E-state index is 0.0645. The number of rotatable bonds is 3. The van der Waals surface area contributed by atoms with Crippen LogP contribution in [0.5, 0.6) is 0 Å². The maximum atomic E-state index is 13.5. The van der Waals surface area contributed by atoms with Crippen LogP contribution in [0.25, 0.3) is 10.9 Å².